The fourth-order valence-corrected chi connectivity index (χ4v) is 2.16. The van der Waals surface area contributed by atoms with Gasteiger partial charge in [-0.3, -0.25) is 0 Å². The molecule has 0 saturated heterocycles. The summed E-state index contributed by atoms with van der Waals surface area (Å²) in [4.78, 5) is 0. The highest BCUT2D eigenvalue weighted by molar-refractivity contribution is 6.22. The summed E-state index contributed by atoms with van der Waals surface area (Å²) >= 11 is 0. The van der Waals surface area contributed by atoms with Crippen LogP contribution < -0.4 is 0 Å². The van der Waals surface area contributed by atoms with Crippen LogP contribution in [0.25, 0.3) is 0 Å². The van der Waals surface area contributed by atoms with Crippen LogP contribution in [-0.2, 0) is 0 Å². The summed E-state index contributed by atoms with van der Waals surface area (Å²) in [7, 11) is 1.25. The maximum absolute atomic E-state index is 3.80. The van der Waals surface area contributed by atoms with Crippen molar-refractivity contribution in [3.05, 3.63) is 23.4 Å². The number of rotatable bonds is 1. The molecule has 0 nitrogen and oxygen atoms in total. The predicted octanol–water partition coefficient (Wildman–Crippen LogP) is 1.37. The fraction of sp³-hybridized carbons (Fsp3) is 0.500. The molecule has 1 rings (SSSR count). The van der Waals surface area contributed by atoms with Gasteiger partial charge < -0.3 is 0 Å². The molecule has 0 amide bonds. The zero-order chi connectivity index (χ0) is 6.69. The highest BCUT2D eigenvalue weighted by Crippen LogP contribution is 2.22. The average Bonchev–Trinajstić information content (AvgIpc) is 1.89. The van der Waals surface area contributed by atoms with Crippen molar-refractivity contribution in [1.82, 2.24) is 0 Å². The molecule has 0 heterocycles. The van der Waals surface area contributed by atoms with Crippen molar-refractivity contribution in [3.63, 3.8) is 0 Å². The molecule has 1 aliphatic rings. The Balaban J connectivity index is 2.70. The lowest BCUT2D eigenvalue weighted by Crippen LogP contribution is -1.96. The summed E-state index contributed by atoms with van der Waals surface area (Å²) in [6.07, 6.45) is 7.49. The third-order valence-electron chi connectivity index (χ3n) is 2.04. The summed E-state index contributed by atoms with van der Waals surface area (Å²) in [5.41, 5.74) is 1.55. The molecule has 0 N–H and O–H groups in total. The molecule has 1 heteroatoms. The number of allylic oxidation sites excluding steroid dienone is 3. The minimum Gasteiger partial charge on any atom is -0.0988 e. The molecule has 0 aliphatic heterocycles. The van der Waals surface area contributed by atoms with E-state index in [4.69, 9.17) is 0 Å². The third-order valence-corrected chi connectivity index (χ3v) is 3.18. The Morgan fingerprint density at radius 3 is 2.44 bits per heavy atom. The molecule has 0 aromatic rings. The molecule has 0 bridgehead atoms. The van der Waals surface area contributed by atoms with Crippen LogP contribution in [-0.4, -0.2) is 10.2 Å². The van der Waals surface area contributed by atoms with E-state index in [1.807, 2.05) is 6.08 Å². The standard InChI is InChI=1S/C8H14Si/c1-2-7-5-3-4-6-8(7)9/h2H,1,3-6H2,9H3. The van der Waals surface area contributed by atoms with Gasteiger partial charge in [0, 0.05) is 10.2 Å². The second-order valence-electron chi connectivity index (χ2n) is 2.72. The van der Waals surface area contributed by atoms with Gasteiger partial charge in [0.1, 0.15) is 0 Å². The Morgan fingerprint density at radius 1 is 1.33 bits per heavy atom. The Morgan fingerprint density at radius 2 is 2.00 bits per heavy atom. The van der Waals surface area contributed by atoms with Crippen molar-refractivity contribution in [2.45, 2.75) is 25.7 Å². The van der Waals surface area contributed by atoms with E-state index in [0.717, 1.165) is 0 Å². The van der Waals surface area contributed by atoms with Crippen LogP contribution in [0.4, 0.5) is 0 Å². The summed E-state index contributed by atoms with van der Waals surface area (Å²) in [5, 5.41) is 1.69. The largest absolute Gasteiger partial charge is 0.0988 e. The van der Waals surface area contributed by atoms with Gasteiger partial charge in [-0.25, -0.2) is 0 Å². The Kier molecular flexibility index (Phi) is 2.28. The SMILES string of the molecule is C=CC1=C([SiH3])CCCC1. The lowest BCUT2D eigenvalue weighted by Gasteiger charge is -2.13. The highest BCUT2D eigenvalue weighted by atomic mass is 28.1. The predicted molar refractivity (Wildman–Crippen MR) is 45.6 cm³/mol. The quantitative estimate of drug-likeness (QED) is 0.480. The van der Waals surface area contributed by atoms with Gasteiger partial charge in [0.15, 0.2) is 0 Å². The summed E-state index contributed by atoms with van der Waals surface area (Å²) in [5.74, 6) is 0. The minimum atomic E-state index is 1.25. The maximum atomic E-state index is 3.80. The topological polar surface area (TPSA) is 0 Å². The molecule has 0 saturated carbocycles. The van der Waals surface area contributed by atoms with Crippen molar-refractivity contribution in [1.29, 1.82) is 0 Å². The molecule has 0 unspecified atom stereocenters. The normalized spacial score (nSPS) is 20.4. The average molecular weight is 138 g/mol. The van der Waals surface area contributed by atoms with Crippen LogP contribution in [0, 0.1) is 0 Å². The smallest absolute Gasteiger partial charge is 0.0336 e. The van der Waals surface area contributed by atoms with Gasteiger partial charge in [-0.2, -0.15) is 0 Å². The van der Waals surface area contributed by atoms with E-state index in [-0.39, 0.29) is 0 Å². The van der Waals surface area contributed by atoms with Crippen LogP contribution in [0.3, 0.4) is 0 Å². The summed E-state index contributed by atoms with van der Waals surface area (Å²) < 4.78 is 0. The van der Waals surface area contributed by atoms with Crippen LogP contribution in [0.2, 0.25) is 0 Å². The molecular weight excluding hydrogens is 124 g/mol. The second kappa shape index (κ2) is 3.02. The second-order valence-corrected chi connectivity index (χ2v) is 3.92. The first kappa shape index (κ1) is 6.81. The first-order chi connectivity index (χ1) is 4.34. The van der Waals surface area contributed by atoms with E-state index in [1.54, 1.807) is 10.8 Å². The zero-order valence-electron chi connectivity index (χ0n) is 6.11. The molecule has 0 aromatic carbocycles. The Bertz CT molecular complexity index is 145. The van der Waals surface area contributed by atoms with Gasteiger partial charge in [0.2, 0.25) is 0 Å². The van der Waals surface area contributed by atoms with Crippen LogP contribution in [0.1, 0.15) is 25.7 Å². The van der Waals surface area contributed by atoms with Crippen molar-refractivity contribution < 1.29 is 0 Å². The van der Waals surface area contributed by atoms with E-state index in [0.29, 0.717) is 0 Å². The molecule has 9 heavy (non-hydrogen) atoms. The summed E-state index contributed by atoms with van der Waals surface area (Å²) in [6, 6.07) is 0. The van der Waals surface area contributed by atoms with Gasteiger partial charge >= 0.3 is 0 Å². The Labute approximate surface area is 60.1 Å². The number of hydrogen-bond acceptors (Lipinski definition) is 0. The molecule has 0 atom stereocenters. The first-order valence-electron chi connectivity index (χ1n) is 3.65. The molecule has 0 spiro atoms. The van der Waals surface area contributed by atoms with E-state index >= 15 is 0 Å². The first-order valence-corrected chi connectivity index (χ1v) is 4.65. The Hall–Kier alpha value is -0.303. The van der Waals surface area contributed by atoms with E-state index in [2.05, 4.69) is 6.58 Å². The molecule has 0 radical (unpaired) electrons. The molecule has 50 valence electrons. The van der Waals surface area contributed by atoms with Crippen molar-refractivity contribution >= 4 is 10.2 Å². The van der Waals surface area contributed by atoms with E-state index in [1.165, 1.54) is 35.9 Å². The van der Waals surface area contributed by atoms with Gasteiger partial charge in [-0.15, -0.1) is 0 Å². The number of hydrogen-bond donors (Lipinski definition) is 0. The monoisotopic (exact) mass is 138 g/mol. The van der Waals surface area contributed by atoms with Gasteiger partial charge in [-0.1, -0.05) is 23.4 Å². The third kappa shape index (κ3) is 1.55. The van der Waals surface area contributed by atoms with Crippen LogP contribution >= 0.6 is 0 Å². The van der Waals surface area contributed by atoms with Gasteiger partial charge in [0.05, 0.1) is 0 Å². The lowest BCUT2D eigenvalue weighted by molar-refractivity contribution is 0.703. The van der Waals surface area contributed by atoms with Crippen molar-refractivity contribution in [3.8, 4) is 0 Å². The lowest BCUT2D eigenvalue weighted by atomic mass is 9.99. The molecule has 0 aromatic heterocycles. The van der Waals surface area contributed by atoms with Crippen molar-refractivity contribution in [2.75, 3.05) is 0 Å². The fourth-order valence-electron chi connectivity index (χ4n) is 1.36. The molecular formula is C8H14Si. The molecule has 0 fully saturated rings. The van der Waals surface area contributed by atoms with Crippen molar-refractivity contribution in [2.24, 2.45) is 0 Å². The summed E-state index contributed by atoms with van der Waals surface area (Å²) in [6.45, 7) is 3.80. The van der Waals surface area contributed by atoms with E-state index < -0.39 is 0 Å². The zero-order valence-corrected chi connectivity index (χ0v) is 8.11. The van der Waals surface area contributed by atoms with Crippen LogP contribution in [0.5, 0.6) is 0 Å². The van der Waals surface area contributed by atoms with Crippen LogP contribution in [0.15, 0.2) is 23.4 Å². The van der Waals surface area contributed by atoms with E-state index in [9.17, 15) is 0 Å². The van der Waals surface area contributed by atoms with Gasteiger partial charge in [-0.05, 0) is 25.7 Å². The maximum Gasteiger partial charge on any atom is 0.0336 e. The minimum absolute atomic E-state index is 1.25. The highest BCUT2D eigenvalue weighted by Gasteiger charge is 2.04. The van der Waals surface area contributed by atoms with Gasteiger partial charge in [0.25, 0.3) is 0 Å². The molecule has 1 aliphatic carbocycles.